The molecule has 1 amide bonds. The van der Waals surface area contributed by atoms with Gasteiger partial charge in [-0.05, 0) is 36.1 Å². The summed E-state index contributed by atoms with van der Waals surface area (Å²) in [5.41, 5.74) is 2.33. The smallest absolute Gasteiger partial charge is 0.257 e. The number of likely N-dealkylation sites (tertiary alicyclic amines) is 1. The molecule has 27 heavy (non-hydrogen) atoms. The van der Waals surface area contributed by atoms with Crippen molar-refractivity contribution in [3.05, 3.63) is 53.7 Å². The van der Waals surface area contributed by atoms with Crippen molar-refractivity contribution in [3.8, 4) is 11.6 Å². The van der Waals surface area contributed by atoms with E-state index in [0.717, 1.165) is 38.0 Å². The number of hydrogen-bond donors (Lipinski definition) is 1. The number of amides is 1. The second-order valence-electron chi connectivity index (χ2n) is 7.13. The Morgan fingerprint density at radius 2 is 2.00 bits per heavy atom. The Bertz CT molecular complexity index is 786. The predicted molar refractivity (Wildman–Crippen MR) is 102 cm³/mol. The van der Waals surface area contributed by atoms with Gasteiger partial charge in [0.25, 0.3) is 5.88 Å². The van der Waals surface area contributed by atoms with E-state index >= 15 is 0 Å². The Morgan fingerprint density at radius 1 is 1.22 bits per heavy atom. The quantitative estimate of drug-likeness (QED) is 0.900. The van der Waals surface area contributed by atoms with Crippen molar-refractivity contribution >= 4 is 5.91 Å². The normalized spacial score (nSPS) is 19.7. The molecule has 0 saturated carbocycles. The first-order valence-electron chi connectivity index (χ1n) is 9.51. The molecule has 2 aliphatic heterocycles. The summed E-state index contributed by atoms with van der Waals surface area (Å²) in [4.78, 5) is 17.5. The van der Waals surface area contributed by atoms with Gasteiger partial charge in [0.1, 0.15) is 6.61 Å². The van der Waals surface area contributed by atoms with Gasteiger partial charge in [0, 0.05) is 38.8 Å². The summed E-state index contributed by atoms with van der Waals surface area (Å²) in [5.74, 6) is 1.43. The van der Waals surface area contributed by atoms with Crippen LogP contribution in [0.25, 0.3) is 0 Å². The number of hydrogen-bond acceptors (Lipinski definition) is 5. The van der Waals surface area contributed by atoms with Crippen LogP contribution in [0.2, 0.25) is 0 Å². The SMILES string of the molecule is CC(=O)N1CCC(NCc2ccc(C3COc4cccnc4O3)cc2)CC1. The molecule has 6 heteroatoms. The fourth-order valence-electron chi connectivity index (χ4n) is 3.58. The highest BCUT2D eigenvalue weighted by Crippen LogP contribution is 2.33. The molecule has 1 fully saturated rings. The third-order valence-electron chi connectivity index (χ3n) is 5.27. The van der Waals surface area contributed by atoms with Crippen LogP contribution >= 0.6 is 0 Å². The molecule has 1 N–H and O–H groups in total. The van der Waals surface area contributed by atoms with Crippen LogP contribution in [0.5, 0.6) is 11.6 Å². The van der Waals surface area contributed by atoms with Gasteiger partial charge in [0.05, 0.1) is 0 Å². The van der Waals surface area contributed by atoms with Crippen molar-refractivity contribution in [1.29, 1.82) is 0 Å². The molecule has 1 saturated heterocycles. The summed E-state index contributed by atoms with van der Waals surface area (Å²) in [6, 6.07) is 12.6. The molecule has 2 aliphatic rings. The van der Waals surface area contributed by atoms with Gasteiger partial charge in [0.15, 0.2) is 11.9 Å². The first kappa shape index (κ1) is 17.8. The molecule has 1 aromatic carbocycles. The second-order valence-corrected chi connectivity index (χ2v) is 7.13. The number of pyridine rings is 1. The van der Waals surface area contributed by atoms with E-state index in [2.05, 4.69) is 34.6 Å². The third kappa shape index (κ3) is 4.22. The highest BCUT2D eigenvalue weighted by molar-refractivity contribution is 5.73. The van der Waals surface area contributed by atoms with E-state index < -0.39 is 0 Å². The molecule has 1 atom stereocenters. The van der Waals surface area contributed by atoms with Crippen LogP contribution < -0.4 is 14.8 Å². The fraction of sp³-hybridized carbons (Fsp3) is 0.429. The first-order valence-corrected chi connectivity index (χ1v) is 9.51. The number of rotatable bonds is 4. The summed E-state index contributed by atoms with van der Waals surface area (Å²) in [6.45, 7) is 4.66. The number of ether oxygens (including phenoxy) is 2. The maximum Gasteiger partial charge on any atom is 0.257 e. The lowest BCUT2D eigenvalue weighted by molar-refractivity contribution is -0.129. The number of carbonyl (C=O) groups excluding carboxylic acids is 1. The first-order chi connectivity index (χ1) is 13.2. The fourth-order valence-corrected chi connectivity index (χ4v) is 3.58. The van der Waals surface area contributed by atoms with Crippen molar-refractivity contribution in [2.45, 2.75) is 38.5 Å². The molecule has 1 unspecified atom stereocenters. The number of nitrogens with zero attached hydrogens (tertiary/aromatic N) is 2. The van der Waals surface area contributed by atoms with Gasteiger partial charge in [-0.1, -0.05) is 24.3 Å². The van der Waals surface area contributed by atoms with Crippen molar-refractivity contribution in [3.63, 3.8) is 0 Å². The molecule has 3 heterocycles. The number of fused-ring (bicyclic) bond motifs is 1. The van der Waals surface area contributed by atoms with Crippen LogP contribution in [-0.4, -0.2) is 41.5 Å². The van der Waals surface area contributed by atoms with Crippen molar-refractivity contribution in [1.82, 2.24) is 15.2 Å². The molecule has 2 aromatic rings. The molecule has 0 radical (unpaired) electrons. The Hall–Kier alpha value is -2.60. The van der Waals surface area contributed by atoms with Gasteiger partial charge in [0.2, 0.25) is 5.91 Å². The van der Waals surface area contributed by atoms with Crippen LogP contribution in [0.15, 0.2) is 42.6 Å². The zero-order valence-corrected chi connectivity index (χ0v) is 15.6. The average molecular weight is 367 g/mol. The lowest BCUT2D eigenvalue weighted by Crippen LogP contribution is -2.43. The van der Waals surface area contributed by atoms with Gasteiger partial charge in [-0.15, -0.1) is 0 Å². The molecule has 0 aliphatic carbocycles. The Morgan fingerprint density at radius 3 is 2.74 bits per heavy atom. The van der Waals surface area contributed by atoms with Gasteiger partial charge in [-0.25, -0.2) is 4.98 Å². The zero-order valence-electron chi connectivity index (χ0n) is 15.6. The van der Waals surface area contributed by atoms with E-state index in [0.29, 0.717) is 24.3 Å². The van der Waals surface area contributed by atoms with Gasteiger partial charge in [-0.3, -0.25) is 4.79 Å². The number of benzene rings is 1. The van der Waals surface area contributed by atoms with E-state index in [9.17, 15) is 4.79 Å². The number of aromatic nitrogens is 1. The maximum absolute atomic E-state index is 11.4. The van der Waals surface area contributed by atoms with Gasteiger partial charge in [-0.2, -0.15) is 0 Å². The minimum atomic E-state index is -0.134. The molecular formula is C21H25N3O3. The Labute approximate surface area is 159 Å². The third-order valence-corrected chi connectivity index (χ3v) is 5.27. The van der Waals surface area contributed by atoms with Crippen LogP contribution in [0.1, 0.15) is 37.0 Å². The average Bonchev–Trinajstić information content (AvgIpc) is 2.72. The number of nitrogens with one attached hydrogen (secondary N) is 1. The van der Waals surface area contributed by atoms with Gasteiger partial charge < -0.3 is 19.7 Å². The Balaban J connectivity index is 1.29. The lowest BCUT2D eigenvalue weighted by Gasteiger charge is -2.31. The van der Waals surface area contributed by atoms with Crippen LogP contribution in [0, 0.1) is 0 Å². The van der Waals surface area contributed by atoms with Crippen LogP contribution in [0.4, 0.5) is 0 Å². The minimum absolute atomic E-state index is 0.134. The second kappa shape index (κ2) is 7.96. The molecule has 0 bridgehead atoms. The number of carbonyl (C=O) groups is 1. The standard InChI is InChI=1S/C21H25N3O3/c1-15(25)24-11-8-18(9-12-24)23-13-16-4-6-17(7-5-16)20-14-26-19-3-2-10-22-21(19)27-20/h2-7,10,18,20,23H,8-9,11-14H2,1H3. The molecule has 6 nitrogen and oxygen atoms in total. The summed E-state index contributed by atoms with van der Waals surface area (Å²) in [6.07, 6.45) is 3.60. The van der Waals surface area contributed by atoms with E-state index in [1.165, 1.54) is 5.56 Å². The highest BCUT2D eigenvalue weighted by Gasteiger charge is 2.23. The van der Waals surface area contributed by atoms with Crippen molar-refractivity contribution in [2.24, 2.45) is 0 Å². The zero-order chi connectivity index (χ0) is 18.6. The number of piperidine rings is 1. The summed E-state index contributed by atoms with van der Waals surface area (Å²) in [7, 11) is 0. The monoisotopic (exact) mass is 367 g/mol. The van der Waals surface area contributed by atoms with E-state index in [1.54, 1.807) is 13.1 Å². The largest absolute Gasteiger partial charge is 0.484 e. The summed E-state index contributed by atoms with van der Waals surface area (Å²) < 4.78 is 11.7. The van der Waals surface area contributed by atoms with E-state index in [1.807, 2.05) is 17.0 Å². The molecule has 142 valence electrons. The maximum atomic E-state index is 11.4. The molecule has 4 rings (SSSR count). The van der Waals surface area contributed by atoms with Crippen LogP contribution in [-0.2, 0) is 11.3 Å². The van der Waals surface area contributed by atoms with E-state index in [-0.39, 0.29) is 12.0 Å². The molecular weight excluding hydrogens is 342 g/mol. The van der Waals surface area contributed by atoms with Gasteiger partial charge >= 0.3 is 0 Å². The highest BCUT2D eigenvalue weighted by atomic mass is 16.6. The van der Waals surface area contributed by atoms with Crippen molar-refractivity contribution < 1.29 is 14.3 Å². The topological polar surface area (TPSA) is 63.7 Å². The summed E-state index contributed by atoms with van der Waals surface area (Å²) in [5, 5.41) is 3.61. The minimum Gasteiger partial charge on any atom is -0.484 e. The molecule has 1 aromatic heterocycles. The summed E-state index contributed by atoms with van der Waals surface area (Å²) >= 11 is 0. The lowest BCUT2D eigenvalue weighted by atomic mass is 10.0. The van der Waals surface area contributed by atoms with Crippen LogP contribution in [0.3, 0.4) is 0 Å². The predicted octanol–water partition coefficient (Wildman–Crippen LogP) is 2.69. The van der Waals surface area contributed by atoms with E-state index in [4.69, 9.17) is 9.47 Å². The Kier molecular flexibility index (Phi) is 5.25. The molecule has 0 spiro atoms. The van der Waals surface area contributed by atoms with Crippen molar-refractivity contribution in [2.75, 3.05) is 19.7 Å².